The lowest BCUT2D eigenvalue weighted by atomic mass is 10.2. The fourth-order valence-electron chi connectivity index (χ4n) is 1.26. The summed E-state index contributed by atoms with van der Waals surface area (Å²) < 4.78 is 10.3. The van der Waals surface area contributed by atoms with Crippen LogP contribution < -0.4 is 5.73 Å². The standard InChI is InChI=1S/C10H13N3O2/c1-6(5-11)9-12-10(15-13-9)8-3-4-14-7(8)2/h3-4,6H,5,11H2,1-2H3. The van der Waals surface area contributed by atoms with Gasteiger partial charge < -0.3 is 14.7 Å². The van der Waals surface area contributed by atoms with Crippen LogP contribution in [0.25, 0.3) is 11.5 Å². The third-order valence-electron chi connectivity index (χ3n) is 2.33. The summed E-state index contributed by atoms with van der Waals surface area (Å²) in [5, 5.41) is 3.88. The minimum absolute atomic E-state index is 0.106. The molecule has 2 aromatic heterocycles. The Morgan fingerprint density at radius 2 is 2.33 bits per heavy atom. The number of nitrogens with zero attached hydrogens (tertiary/aromatic N) is 2. The summed E-state index contributed by atoms with van der Waals surface area (Å²) in [6, 6.07) is 1.81. The average Bonchev–Trinajstić information content (AvgIpc) is 2.84. The van der Waals surface area contributed by atoms with Crippen LogP contribution in [-0.2, 0) is 0 Å². The van der Waals surface area contributed by atoms with Crippen LogP contribution in [0.4, 0.5) is 0 Å². The highest BCUT2D eigenvalue weighted by molar-refractivity contribution is 5.54. The van der Waals surface area contributed by atoms with Crippen molar-refractivity contribution in [3.05, 3.63) is 23.9 Å². The maximum Gasteiger partial charge on any atom is 0.261 e. The SMILES string of the molecule is Cc1occc1-c1nc(C(C)CN)no1. The predicted octanol–water partition coefficient (Wildman–Crippen LogP) is 1.70. The Hall–Kier alpha value is -1.62. The van der Waals surface area contributed by atoms with Crippen molar-refractivity contribution in [3.8, 4) is 11.5 Å². The number of furan rings is 1. The summed E-state index contributed by atoms with van der Waals surface area (Å²) >= 11 is 0. The third kappa shape index (κ3) is 1.78. The molecule has 0 aliphatic rings. The van der Waals surface area contributed by atoms with Crippen LogP contribution in [0.2, 0.25) is 0 Å². The van der Waals surface area contributed by atoms with E-state index in [9.17, 15) is 0 Å². The van der Waals surface area contributed by atoms with E-state index in [1.165, 1.54) is 0 Å². The Labute approximate surface area is 87.3 Å². The van der Waals surface area contributed by atoms with Gasteiger partial charge in [-0.15, -0.1) is 0 Å². The second-order valence-electron chi connectivity index (χ2n) is 3.48. The Balaban J connectivity index is 2.32. The molecule has 0 aromatic carbocycles. The van der Waals surface area contributed by atoms with Crippen molar-refractivity contribution in [3.63, 3.8) is 0 Å². The van der Waals surface area contributed by atoms with Gasteiger partial charge in [0.2, 0.25) is 0 Å². The third-order valence-corrected chi connectivity index (χ3v) is 2.33. The van der Waals surface area contributed by atoms with E-state index in [4.69, 9.17) is 14.7 Å². The van der Waals surface area contributed by atoms with Crippen molar-refractivity contribution in [1.29, 1.82) is 0 Å². The molecule has 5 nitrogen and oxygen atoms in total. The van der Waals surface area contributed by atoms with Gasteiger partial charge in [0, 0.05) is 12.5 Å². The number of aromatic nitrogens is 2. The summed E-state index contributed by atoms with van der Waals surface area (Å²) in [7, 11) is 0. The van der Waals surface area contributed by atoms with Crippen LogP contribution >= 0.6 is 0 Å². The van der Waals surface area contributed by atoms with Gasteiger partial charge in [-0.1, -0.05) is 12.1 Å². The average molecular weight is 207 g/mol. The zero-order valence-electron chi connectivity index (χ0n) is 8.73. The first kappa shape index (κ1) is 9.92. The molecule has 0 amide bonds. The van der Waals surface area contributed by atoms with E-state index in [0.29, 0.717) is 18.3 Å². The molecule has 80 valence electrons. The van der Waals surface area contributed by atoms with Gasteiger partial charge in [-0.25, -0.2) is 0 Å². The molecule has 15 heavy (non-hydrogen) atoms. The van der Waals surface area contributed by atoms with E-state index in [1.54, 1.807) is 12.3 Å². The molecule has 2 heterocycles. The van der Waals surface area contributed by atoms with Crippen molar-refractivity contribution >= 4 is 0 Å². The van der Waals surface area contributed by atoms with E-state index in [-0.39, 0.29) is 5.92 Å². The van der Waals surface area contributed by atoms with Gasteiger partial charge in [0.25, 0.3) is 5.89 Å². The molecule has 1 atom stereocenters. The van der Waals surface area contributed by atoms with Gasteiger partial charge in [-0.3, -0.25) is 0 Å². The van der Waals surface area contributed by atoms with Gasteiger partial charge in [0.1, 0.15) is 5.76 Å². The van der Waals surface area contributed by atoms with Crippen LogP contribution in [0, 0.1) is 6.92 Å². The highest BCUT2D eigenvalue weighted by Gasteiger charge is 2.15. The van der Waals surface area contributed by atoms with Crippen molar-refractivity contribution in [1.82, 2.24) is 10.1 Å². The van der Waals surface area contributed by atoms with Crippen molar-refractivity contribution in [2.75, 3.05) is 6.54 Å². The molecular weight excluding hydrogens is 194 g/mol. The van der Waals surface area contributed by atoms with Crippen molar-refractivity contribution in [2.24, 2.45) is 5.73 Å². The summed E-state index contributed by atoms with van der Waals surface area (Å²) in [6.07, 6.45) is 1.60. The van der Waals surface area contributed by atoms with Crippen LogP contribution in [0.3, 0.4) is 0 Å². The normalized spacial score (nSPS) is 13.0. The number of aryl methyl sites for hydroxylation is 1. The topological polar surface area (TPSA) is 78.1 Å². The fraction of sp³-hybridized carbons (Fsp3) is 0.400. The quantitative estimate of drug-likeness (QED) is 0.828. The Kier molecular flexibility index (Phi) is 2.55. The van der Waals surface area contributed by atoms with Gasteiger partial charge >= 0.3 is 0 Å². The molecule has 0 bridgehead atoms. The highest BCUT2D eigenvalue weighted by atomic mass is 16.5. The highest BCUT2D eigenvalue weighted by Crippen LogP contribution is 2.23. The first-order valence-corrected chi connectivity index (χ1v) is 4.80. The molecule has 0 aliphatic carbocycles. The molecule has 2 N–H and O–H groups in total. The van der Waals surface area contributed by atoms with Crippen molar-refractivity contribution < 1.29 is 8.94 Å². The first-order chi connectivity index (χ1) is 7.22. The Bertz CT molecular complexity index is 447. The lowest BCUT2D eigenvalue weighted by molar-refractivity contribution is 0.416. The molecule has 2 rings (SSSR count). The molecule has 5 heteroatoms. The zero-order chi connectivity index (χ0) is 10.8. The molecule has 1 unspecified atom stereocenters. The Morgan fingerprint density at radius 3 is 2.93 bits per heavy atom. The molecule has 0 aliphatic heterocycles. The van der Waals surface area contributed by atoms with Crippen LogP contribution in [0.1, 0.15) is 24.4 Å². The summed E-state index contributed by atoms with van der Waals surface area (Å²) in [5.74, 6) is 1.99. The van der Waals surface area contributed by atoms with E-state index < -0.39 is 0 Å². The molecule has 0 saturated carbocycles. The molecule has 2 aromatic rings. The minimum atomic E-state index is 0.106. The lowest BCUT2D eigenvalue weighted by Crippen LogP contribution is -2.10. The molecule has 0 spiro atoms. The number of hydrogen-bond acceptors (Lipinski definition) is 5. The van der Waals surface area contributed by atoms with E-state index in [1.807, 2.05) is 13.8 Å². The predicted molar refractivity (Wildman–Crippen MR) is 54.2 cm³/mol. The summed E-state index contributed by atoms with van der Waals surface area (Å²) in [6.45, 7) is 4.31. The van der Waals surface area contributed by atoms with Gasteiger partial charge in [-0.05, 0) is 13.0 Å². The Morgan fingerprint density at radius 1 is 1.53 bits per heavy atom. The smallest absolute Gasteiger partial charge is 0.261 e. The largest absolute Gasteiger partial charge is 0.469 e. The fourth-order valence-corrected chi connectivity index (χ4v) is 1.26. The van der Waals surface area contributed by atoms with Crippen LogP contribution in [0.5, 0.6) is 0 Å². The molecule has 0 saturated heterocycles. The first-order valence-electron chi connectivity index (χ1n) is 4.80. The monoisotopic (exact) mass is 207 g/mol. The van der Waals surface area contributed by atoms with Crippen LogP contribution in [-0.4, -0.2) is 16.7 Å². The summed E-state index contributed by atoms with van der Waals surface area (Å²) in [5.41, 5.74) is 6.35. The number of hydrogen-bond donors (Lipinski definition) is 1. The van der Waals surface area contributed by atoms with Crippen molar-refractivity contribution in [2.45, 2.75) is 19.8 Å². The number of rotatable bonds is 3. The lowest BCUT2D eigenvalue weighted by Gasteiger charge is -1.98. The van der Waals surface area contributed by atoms with E-state index >= 15 is 0 Å². The van der Waals surface area contributed by atoms with E-state index in [0.717, 1.165) is 11.3 Å². The summed E-state index contributed by atoms with van der Waals surface area (Å²) in [4.78, 5) is 4.27. The van der Waals surface area contributed by atoms with Gasteiger partial charge in [-0.2, -0.15) is 4.98 Å². The second kappa shape index (κ2) is 3.86. The maximum absolute atomic E-state index is 5.52. The van der Waals surface area contributed by atoms with Gasteiger partial charge in [0.15, 0.2) is 5.82 Å². The maximum atomic E-state index is 5.52. The zero-order valence-corrected chi connectivity index (χ0v) is 8.73. The molecule has 0 radical (unpaired) electrons. The van der Waals surface area contributed by atoms with Crippen LogP contribution in [0.15, 0.2) is 21.3 Å². The van der Waals surface area contributed by atoms with Gasteiger partial charge in [0.05, 0.1) is 11.8 Å². The second-order valence-corrected chi connectivity index (χ2v) is 3.48. The number of nitrogens with two attached hydrogens (primary N) is 1. The molecular formula is C10H13N3O2. The molecule has 0 fully saturated rings. The van der Waals surface area contributed by atoms with E-state index in [2.05, 4.69) is 10.1 Å². The minimum Gasteiger partial charge on any atom is -0.469 e.